The molecule has 0 atom stereocenters. The molecule has 0 unspecified atom stereocenters. The van der Waals surface area contributed by atoms with Crippen molar-refractivity contribution in [2.75, 3.05) is 12.4 Å². The highest BCUT2D eigenvalue weighted by atomic mass is 35.5. The van der Waals surface area contributed by atoms with Gasteiger partial charge in [0.05, 0.1) is 10.7 Å². The number of hydrogen-bond donors (Lipinski definition) is 2. The first-order valence-electron chi connectivity index (χ1n) is 3.58. The molecule has 13 heavy (non-hydrogen) atoms. The lowest BCUT2D eigenvalue weighted by Gasteiger charge is -2.05. The topological polar surface area (TPSA) is 41.1 Å². The summed E-state index contributed by atoms with van der Waals surface area (Å²) >= 11 is 5.49. The monoisotopic (exact) mass is 202 g/mol. The molecule has 1 rings (SSSR count). The third-order valence-corrected chi connectivity index (χ3v) is 1.72. The fraction of sp³-hybridized carbons (Fsp3) is 0.125. The molecule has 3 nitrogen and oxygen atoms in total. The van der Waals surface area contributed by atoms with Crippen LogP contribution in [-0.2, 0) is 0 Å². The zero-order chi connectivity index (χ0) is 9.84. The summed E-state index contributed by atoms with van der Waals surface area (Å²) in [6, 6.07) is 3.90. The molecule has 0 saturated heterocycles. The van der Waals surface area contributed by atoms with E-state index in [4.69, 9.17) is 11.6 Å². The van der Waals surface area contributed by atoms with Gasteiger partial charge in [0.15, 0.2) is 5.82 Å². The van der Waals surface area contributed by atoms with E-state index in [1.807, 2.05) is 0 Å². The van der Waals surface area contributed by atoms with E-state index in [1.165, 1.54) is 19.2 Å². The molecule has 0 fully saturated rings. The van der Waals surface area contributed by atoms with E-state index < -0.39 is 11.8 Å². The Labute approximate surface area is 79.9 Å². The SMILES string of the molecule is CNC(=O)Nc1cccc(Cl)c1F. The first kappa shape index (κ1) is 9.80. The van der Waals surface area contributed by atoms with Crippen LogP contribution in [-0.4, -0.2) is 13.1 Å². The number of carbonyl (C=O) groups excluding carboxylic acids is 1. The van der Waals surface area contributed by atoms with E-state index in [1.54, 1.807) is 6.07 Å². The van der Waals surface area contributed by atoms with E-state index in [2.05, 4.69) is 10.6 Å². The van der Waals surface area contributed by atoms with Crippen LogP contribution < -0.4 is 10.6 Å². The number of halogens is 2. The third kappa shape index (κ3) is 2.32. The molecular formula is C8H8ClFN2O. The van der Waals surface area contributed by atoms with Gasteiger partial charge in [-0.2, -0.15) is 0 Å². The predicted octanol–water partition coefficient (Wildman–Crippen LogP) is 2.23. The standard InChI is InChI=1S/C8H8ClFN2O/c1-11-8(13)12-6-4-2-3-5(9)7(6)10/h2-4H,1H3,(H2,11,12,13). The Balaban J connectivity index is 2.89. The normalized spacial score (nSPS) is 9.46. The Morgan fingerprint density at radius 2 is 2.23 bits per heavy atom. The molecule has 2 N–H and O–H groups in total. The summed E-state index contributed by atoms with van der Waals surface area (Å²) in [4.78, 5) is 10.8. The molecule has 70 valence electrons. The van der Waals surface area contributed by atoms with Crippen LogP contribution in [0.5, 0.6) is 0 Å². The predicted molar refractivity (Wildman–Crippen MR) is 49.5 cm³/mol. The first-order chi connectivity index (χ1) is 6.15. The molecule has 5 heteroatoms. The van der Waals surface area contributed by atoms with E-state index in [0.717, 1.165) is 0 Å². The van der Waals surface area contributed by atoms with E-state index in [9.17, 15) is 9.18 Å². The number of hydrogen-bond acceptors (Lipinski definition) is 1. The minimum atomic E-state index is -0.632. The van der Waals surface area contributed by atoms with Crippen LogP contribution in [0.3, 0.4) is 0 Å². The molecule has 0 bridgehead atoms. The maximum Gasteiger partial charge on any atom is 0.319 e. The van der Waals surface area contributed by atoms with Crippen molar-refractivity contribution in [3.8, 4) is 0 Å². The molecule has 0 aliphatic carbocycles. The first-order valence-corrected chi connectivity index (χ1v) is 3.95. The molecule has 0 saturated carbocycles. The number of nitrogens with one attached hydrogen (secondary N) is 2. The Bertz CT molecular complexity index is 330. The van der Waals surface area contributed by atoms with Crippen LogP contribution in [0.4, 0.5) is 14.9 Å². The van der Waals surface area contributed by atoms with Gasteiger partial charge in [-0.25, -0.2) is 9.18 Å². The largest absolute Gasteiger partial charge is 0.341 e. The Hall–Kier alpha value is -1.29. The number of amides is 2. The number of anilines is 1. The Morgan fingerprint density at radius 3 is 2.85 bits per heavy atom. The highest BCUT2D eigenvalue weighted by Crippen LogP contribution is 2.21. The number of benzene rings is 1. The summed E-state index contributed by atoms with van der Waals surface area (Å²) in [5.41, 5.74) is 0.0619. The summed E-state index contributed by atoms with van der Waals surface area (Å²) in [6.07, 6.45) is 0. The highest BCUT2D eigenvalue weighted by molar-refractivity contribution is 6.31. The summed E-state index contributed by atoms with van der Waals surface area (Å²) in [5, 5.41) is 4.57. The molecule has 0 heterocycles. The van der Waals surface area contributed by atoms with Crippen molar-refractivity contribution in [2.45, 2.75) is 0 Å². The Morgan fingerprint density at radius 1 is 1.54 bits per heavy atom. The van der Waals surface area contributed by atoms with Crippen molar-refractivity contribution in [1.82, 2.24) is 5.32 Å². The summed E-state index contributed by atoms with van der Waals surface area (Å²) in [6.45, 7) is 0. The second-order valence-electron chi connectivity index (χ2n) is 2.31. The van der Waals surface area contributed by atoms with Gasteiger partial charge in [-0.05, 0) is 12.1 Å². The van der Waals surface area contributed by atoms with E-state index in [0.29, 0.717) is 0 Å². The van der Waals surface area contributed by atoms with Crippen LogP contribution >= 0.6 is 11.6 Å². The summed E-state index contributed by atoms with van der Waals surface area (Å²) in [7, 11) is 1.44. The second kappa shape index (κ2) is 4.09. The van der Waals surface area contributed by atoms with Crippen molar-refractivity contribution in [1.29, 1.82) is 0 Å². The molecule has 1 aromatic rings. The number of urea groups is 1. The molecule has 0 aliphatic heterocycles. The maximum atomic E-state index is 13.1. The van der Waals surface area contributed by atoms with E-state index in [-0.39, 0.29) is 10.7 Å². The van der Waals surface area contributed by atoms with Gasteiger partial charge in [0.1, 0.15) is 0 Å². The van der Waals surface area contributed by atoms with Gasteiger partial charge in [-0.15, -0.1) is 0 Å². The molecule has 0 aromatic heterocycles. The third-order valence-electron chi connectivity index (χ3n) is 1.43. The quantitative estimate of drug-likeness (QED) is 0.721. The molecular weight excluding hydrogens is 195 g/mol. The lowest BCUT2D eigenvalue weighted by atomic mass is 10.3. The zero-order valence-electron chi connectivity index (χ0n) is 6.90. The van der Waals surface area contributed by atoms with Gasteiger partial charge >= 0.3 is 6.03 Å². The summed E-state index contributed by atoms with van der Waals surface area (Å²) < 4.78 is 13.1. The van der Waals surface area contributed by atoms with Crippen LogP contribution in [0.25, 0.3) is 0 Å². The van der Waals surface area contributed by atoms with Gasteiger partial charge in [-0.3, -0.25) is 0 Å². The Kier molecular flexibility index (Phi) is 3.08. The zero-order valence-corrected chi connectivity index (χ0v) is 7.65. The van der Waals surface area contributed by atoms with Crippen molar-refractivity contribution in [3.63, 3.8) is 0 Å². The highest BCUT2D eigenvalue weighted by Gasteiger charge is 2.07. The van der Waals surface area contributed by atoms with Crippen LogP contribution in [0.2, 0.25) is 5.02 Å². The van der Waals surface area contributed by atoms with Crippen molar-refractivity contribution >= 4 is 23.3 Å². The fourth-order valence-electron chi connectivity index (χ4n) is 0.785. The smallest absolute Gasteiger partial charge is 0.319 e. The van der Waals surface area contributed by atoms with Gasteiger partial charge in [-0.1, -0.05) is 17.7 Å². The number of carbonyl (C=O) groups is 1. The molecule has 0 aliphatic rings. The molecule has 0 spiro atoms. The van der Waals surface area contributed by atoms with Crippen LogP contribution in [0.15, 0.2) is 18.2 Å². The molecule has 0 radical (unpaired) electrons. The van der Waals surface area contributed by atoms with Crippen LogP contribution in [0, 0.1) is 5.82 Å². The van der Waals surface area contributed by atoms with Gasteiger partial charge in [0.2, 0.25) is 0 Å². The van der Waals surface area contributed by atoms with Crippen molar-refractivity contribution in [3.05, 3.63) is 29.0 Å². The van der Waals surface area contributed by atoms with Crippen molar-refractivity contribution in [2.24, 2.45) is 0 Å². The van der Waals surface area contributed by atoms with E-state index >= 15 is 0 Å². The van der Waals surface area contributed by atoms with Gasteiger partial charge in [0, 0.05) is 7.05 Å². The van der Waals surface area contributed by atoms with Gasteiger partial charge in [0.25, 0.3) is 0 Å². The lowest BCUT2D eigenvalue weighted by Crippen LogP contribution is -2.24. The molecule has 1 aromatic carbocycles. The minimum absolute atomic E-state index is 0.0195. The van der Waals surface area contributed by atoms with Crippen LogP contribution in [0.1, 0.15) is 0 Å². The maximum absolute atomic E-state index is 13.1. The fourth-order valence-corrected chi connectivity index (χ4v) is 0.960. The van der Waals surface area contributed by atoms with Crippen molar-refractivity contribution < 1.29 is 9.18 Å². The average Bonchev–Trinajstić information content (AvgIpc) is 2.13. The second-order valence-corrected chi connectivity index (χ2v) is 2.71. The van der Waals surface area contributed by atoms with Gasteiger partial charge < -0.3 is 10.6 Å². The average molecular weight is 203 g/mol. The number of rotatable bonds is 1. The minimum Gasteiger partial charge on any atom is -0.341 e. The lowest BCUT2D eigenvalue weighted by molar-refractivity contribution is 0.254. The summed E-state index contributed by atoms with van der Waals surface area (Å²) in [5.74, 6) is -0.632. The molecule has 2 amide bonds.